The number of nitro groups is 1. The number of esters is 1. The standard InChI is InChI=1S/C22H17N3O5/c1-15-5-9-17(10-6-15)21(26)24-23-14-16-7-11-20(12-8-16)30-22(27)18-3-2-4-19(13-18)25(28)29/h2-14H,1H3,(H,24,26). The highest BCUT2D eigenvalue weighted by molar-refractivity contribution is 5.95. The van der Waals surface area contributed by atoms with Gasteiger partial charge in [-0.3, -0.25) is 14.9 Å². The van der Waals surface area contributed by atoms with E-state index in [9.17, 15) is 19.7 Å². The number of hydrogen-bond acceptors (Lipinski definition) is 6. The Morgan fingerprint density at radius 1 is 1.00 bits per heavy atom. The van der Waals surface area contributed by atoms with Gasteiger partial charge in [-0.05, 0) is 55.0 Å². The lowest BCUT2D eigenvalue weighted by molar-refractivity contribution is -0.384. The molecular weight excluding hydrogens is 386 g/mol. The van der Waals surface area contributed by atoms with Crippen molar-refractivity contribution in [2.24, 2.45) is 5.10 Å². The van der Waals surface area contributed by atoms with Crippen molar-refractivity contribution in [1.82, 2.24) is 5.43 Å². The van der Waals surface area contributed by atoms with Crippen LogP contribution in [-0.2, 0) is 0 Å². The maximum absolute atomic E-state index is 12.2. The summed E-state index contributed by atoms with van der Waals surface area (Å²) in [5, 5.41) is 14.7. The molecule has 0 fully saturated rings. The van der Waals surface area contributed by atoms with Crippen molar-refractivity contribution in [3.8, 4) is 5.75 Å². The van der Waals surface area contributed by atoms with E-state index in [0.29, 0.717) is 11.1 Å². The minimum absolute atomic E-state index is 0.0775. The van der Waals surface area contributed by atoms with Gasteiger partial charge < -0.3 is 4.74 Å². The minimum atomic E-state index is -0.703. The molecule has 30 heavy (non-hydrogen) atoms. The van der Waals surface area contributed by atoms with Gasteiger partial charge in [-0.15, -0.1) is 0 Å². The second-order valence-corrected chi connectivity index (χ2v) is 6.33. The third-order valence-electron chi connectivity index (χ3n) is 4.08. The number of benzene rings is 3. The Kier molecular flexibility index (Phi) is 6.29. The lowest BCUT2D eigenvalue weighted by atomic mass is 10.1. The predicted molar refractivity (Wildman–Crippen MR) is 111 cm³/mol. The zero-order valence-corrected chi connectivity index (χ0v) is 15.9. The van der Waals surface area contributed by atoms with E-state index in [1.54, 1.807) is 36.4 Å². The number of nitrogens with one attached hydrogen (secondary N) is 1. The number of carbonyl (C=O) groups is 2. The lowest BCUT2D eigenvalue weighted by Gasteiger charge is -2.04. The van der Waals surface area contributed by atoms with Crippen molar-refractivity contribution in [2.75, 3.05) is 0 Å². The fraction of sp³-hybridized carbons (Fsp3) is 0.0455. The molecule has 0 spiro atoms. The molecule has 8 heteroatoms. The number of nitrogens with zero attached hydrogens (tertiary/aromatic N) is 2. The molecule has 0 atom stereocenters. The van der Waals surface area contributed by atoms with Gasteiger partial charge in [-0.2, -0.15) is 5.10 Å². The topological polar surface area (TPSA) is 111 Å². The van der Waals surface area contributed by atoms with Crippen molar-refractivity contribution in [3.63, 3.8) is 0 Å². The van der Waals surface area contributed by atoms with E-state index in [0.717, 1.165) is 11.6 Å². The van der Waals surface area contributed by atoms with Gasteiger partial charge in [0.25, 0.3) is 11.6 Å². The summed E-state index contributed by atoms with van der Waals surface area (Å²) < 4.78 is 5.22. The van der Waals surface area contributed by atoms with Crippen molar-refractivity contribution in [1.29, 1.82) is 0 Å². The third kappa shape index (κ3) is 5.35. The summed E-state index contributed by atoms with van der Waals surface area (Å²) >= 11 is 0. The van der Waals surface area contributed by atoms with E-state index in [1.807, 2.05) is 19.1 Å². The highest BCUT2D eigenvalue weighted by Gasteiger charge is 2.13. The molecule has 0 aromatic heterocycles. The molecule has 150 valence electrons. The van der Waals surface area contributed by atoms with E-state index in [2.05, 4.69) is 10.5 Å². The molecule has 8 nitrogen and oxygen atoms in total. The molecule has 0 aliphatic carbocycles. The molecule has 0 radical (unpaired) electrons. The summed E-state index contributed by atoms with van der Waals surface area (Å²) in [6.45, 7) is 1.93. The Morgan fingerprint density at radius 3 is 2.37 bits per heavy atom. The van der Waals surface area contributed by atoms with Crippen LogP contribution in [0.2, 0.25) is 0 Å². The molecule has 1 amide bonds. The summed E-state index contributed by atoms with van der Waals surface area (Å²) in [6.07, 6.45) is 1.46. The van der Waals surface area contributed by atoms with Crippen molar-refractivity contribution < 1.29 is 19.2 Å². The molecule has 0 heterocycles. The van der Waals surface area contributed by atoms with Crippen LogP contribution >= 0.6 is 0 Å². The molecular formula is C22H17N3O5. The number of nitro benzene ring substituents is 1. The predicted octanol–water partition coefficient (Wildman–Crippen LogP) is 3.89. The quantitative estimate of drug-likeness (QED) is 0.221. The maximum Gasteiger partial charge on any atom is 0.343 e. The van der Waals surface area contributed by atoms with Crippen LogP contribution in [0.4, 0.5) is 5.69 Å². The Hall–Kier alpha value is -4.33. The molecule has 0 aliphatic rings. The van der Waals surface area contributed by atoms with Crippen molar-refractivity contribution in [2.45, 2.75) is 6.92 Å². The average Bonchev–Trinajstić information content (AvgIpc) is 2.75. The zero-order valence-electron chi connectivity index (χ0n) is 15.9. The van der Waals surface area contributed by atoms with E-state index < -0.39 is 10.9 Å². The van der Waals surface area contributed by atoms with Crippen LogP contribution < -0.4 is 10.2 Å². The molecule has 3 rings (SSSR count). The smallest absolute Gasteiger partial charge is 0.343 e. The number of ether oxygens (including phenoxy) is 1. The Bertz CT molecular complexity index is 1110. The first-order valence-corrected chi connectivity index (χ1v) is 8.89. The Morgan fingerprint density at radius 2 is 1.70 bits per heavy atom. The zero-order chi connectivity index (χ0) is 21.5. The highest BCUT2D eigenvalue weighted by atomic mass is 16.6. The first-order chi connectivity index (χ1) is 14.4. The molecule has 1 N–H and O–H groups in total. The number of amides is 1. The fourth-order valence-corrected chi connectivity index (χ4v) is 2.47. The van der Waals surface area contributed by atoms with Gasteiger partial charge >= 0.3 is 5.97 Å². The van der Waals surface area contributed by atoms with Crippen LogP contribution in [0.5, 0.6) is 5.75 Å². The monoisotopic (exact) mass is 403 g/mol. The molecule has 0 saturated heterocycles. The molecule has 0 saturated carbocycles. The van der Waals surface area contributed by atoms with Crippen molar-refractivity contribution >= 4 is 23.8 Å². The molecule has 3 aromatic carbocycles. The highest BCUT2D eigenvalue weighted by Crippen LogP contribution is 2.17. The molecule has 3 aromatic rings. The third-order valence-corrected chi connectivity index (χ3v) is 4.08. The van der Waals surface area contributed by atoms with Crippen LogP contribution in [-0.4, -0.2) is 23.0 Å². The van der Waals surface area contributed by atoms with E-state index >= 15 is 0 Å². The fourth-order valence-electron chi connectivity index (χ4n) is 2.47. The number of aryl methyl sites for hydroxylation is 1. The lowest BCUT2D eigenvalue weighted by Crippen LogP contribution is -2.17. The largest absolute Gasteiger partial charge is 0.423 e. The second kappa shape index (κ2) is 9.24. The number of rotatable bonds is 6. The number of hydrazone groups is 1. The summed E-state index contributed by atoms with van der Waals surface area (Å²) in [6, 6.07) is 18.8. The average molecular weight is 403 g/mol. The maximum atomic E-state index is 12.2. The SMILES string of the molecule is Cc1ccc(C(=O)NN=Cc2ccc(OC(=O)c3cccc([N+](=O)[O-])c3)cc2)cc1. The molecule has 0 unspecified atom stereocenters. The van der Waals surface area contributed by atoms with Crippen molar-refractivity contribution in [3.05, 3.63) is 105 Å². The van der Waals surface area contributed by atoms with E-state index in [1.165, 1.54) is 24.4 Å². The van der Waals surface area contributed by atoms with E-state index in [4.69, 9.17) is 4.74 Å². The van der Waals surface area contributed by atoms with Crippen LogP contribution in [0.25, 0.3) is 0 Å². The van der Waals surface area contributed by atoms with Gasteiger partial charge in [0.05, 0.1) is 16.7 Å². The second-order valence-electron chi connectivity index (χ2n) is 6.33. The molecule has 0 bridgehead atoms. The van der Waals surface area contributed by atoms with Gasteiger partial charge in [0, 0.05) is 17.7 Å². The Balaban J connectivity index is 1.58. The number of non-ortho nitro benzene ring substituents is 1. The van der Waals surface area contributed by atoms with Gasteiger partial charge in [0.1, 0.15) is 5.75 Å². The summed E-state index contributed by atoms with van der Waals surface area (Å²) in [4.78, 5) is 34.4. The van der Waals surface area contributed by atoms with Crippen LogP contribution in [0.15, 0.2) is 77.9 Å². The minimum Gasteiger partial charge on any atom is -0.423 e. The van der Waals surface area contributed by atoms with Crippen LogP contribution in [0.3, 0.4) is 0 Å². The molecule has 0 aliphatic heterocycles. The van der Waals surface area contributed by atoms with Gasteiger partial charge in [-0.25, -0.2) is 10.2 Å². The first kappa shape index (κ1) is 20.4. The summed E-state index contributed by atoms with van der Waals surface area (Å²) in [5.74, 6) is -0.758. The number of carbonyl (C=O) groups excluding carboxylic acids is 2. The van der Waals surface area contributed by atoms with Gasteiger partial charge in [0.2, 0.25) is 0 Å². The van der Waals surface area contributed by atoms with Crippen LogP contribution in [0, 0.1) is 17.0 Å². The van der Waals surface area contributed by atoms with E-state index in [-0.39, 0.29) is 22.9 Å². The van der Waals surface area contributed by atoms with Gasteiger partial charge in [0.15, 0.2) is 0 Å². The number of hydrogen-bond donors (Lipinski definition) is 1. The normalized spacial score (nSPS) is 10.6. The first-order valence-electron chi connectivity index (χ1n) is 8.89. The van der Waals surface area contributed by atoms with Gasteiger partial charge in [-0.1, -0.05) is 23.8 Å². The summed E-state index contributed by atoms with van der Waals surface area (Å²) in [5.41, 5.74) is 4.56. The Labute approximate surface area is 172 Å². The van der Waals surface area contributed by atoms with Crippen LogP contribution in [0.1, 0.15) is 31.8 Å². The summed E-state index contributed by atoms with van der Waals surface area (Å²) in [7, 11) is 0.